The van der Waals surface area contributed by atoms with E-state index in [1.54, 1.807) is 0 Å². The van der Waals surface area contributed by atoms with Crippen molar-refractivity contribution in [1.82, 2.24) is 5.32 Å². The largest absolute Gasteiger partial charge is 0.307 e. The molecule has 0 bridgehead atoms. The van der Waals surface area contributed by atoms with Crippen LogP contribution in [0.25, 0.3) is 0 Å². The highest BCUT2D eigenvalue weighted by atomic mass is 14.9. The van der Waals surface area contributed by atoms with Gasteiger partial charge in [-0.15, -0.1) is 0 Å². The molecule has 0 heterocycles. The maximum atomic E-state index is 3.81. The van der Waals surface area contributed by atoms with Gasteiger partial charge in [0, 0.05) is 12.1 Å². The van der Waals surface area contributed by atoms with Crippen molar-refractivity contribution in [3.63, 3.8) is 0 Å². The highest BCUT2D eigenvalue weighted by molar-refractivity contribution is 5.25. The Labute approximate surface area is 125 Å². The summed E-state index contributed by atoms with van der Waals surface area (Å²) in [6.45, 7) is 9.16. The first-order valence-corrected chi connectivity index (χ1v) is 8.43. The number of benzene rings is 1. The summed E-state index contributed by atoms with van der Waals surface area (Å²) in [7, 11) is 0. The summed E-state index contributed by atoms with van der Waals surface area (Å²) in [4.78, 5) is 0. The predicted octanol–water partition coefficient (Wildman–Crippen LogP) is 5.11. The number of hydrogen-bond donors (Lipinski definition) is 1. The van der Waals surface area contributed by atoms with Crippen molar-refractivity contribution >= 4 is 0 Å². The zero-order chi connectivity index (χ0) is 14.5. The molecule has 20 heavy (non-hydrogen) atoms. The first-order valence-electron chi connectivity index (χ1n) is 8.43. The molecular weight excluding hydrogens is 242 g/mol. The Morgan fingerprint density at radius 1 is 1.10 bits per heavy atom. The summed E-state index contributed by atoms with van der Waals surface area (Å²) in [5.41, 5.74) is 2.88. The fraction of sp³-hybridized carbons (Fsp3) is 0.684. The van der Waals surface area contributed by atoms with Gasteiger partial charge in [-0.3, -0.25) is 0 Å². The van der Waals surface area contributed by atoms with Crippen molar-refractivity contribution in [2.24, 2.45) is 11.8 Å². The van der Waals surface area contributed by atoms with Crippen LogP contribution in [0.2, 0.25) is 0 Å². The summed E-state index contributed by atoms with van der Waals surface area (Å²) < 4.78 is 0. The molecule has 0 aromatic heterocycles. The fourth-order valence-electron chi connectivity index (χ4n) is 2.97. The molecule has 1 saturated carbocycles. The smallest absolute Gasteiger partial charge is 0.0294 e. The zero-order valence-electron chi connectivity index (χ0n) is 13.7. The topological polar surface area (TPSA) is 12.0 Å². The molecule has 1 aliphatic carbocycles. The van der Waals surface area contributed by atoms with Crippen molar-refractivity contribution in [1.29, 1.82) is 0 Å². The van der Waals surface area contributed by atoms with Crippen LogP contribution in [0.15, 0.2) is 24.3 Å². The van der Waals surface area contributed by atoms with E-state index in [1.807, 2.05) is 0 Å². The number of hydrogen-bond acceptors (Lipinski definition) is 1. The molecule has 0 saturated heterocycles. The van der Waals surface area contributed by atoms with Gasteiger partial charge < -0.3 is 5.32 Å². The van der Waals surface area contributed by atoms with Crippen molar-refractivity contribution < 1.29 is 0 Å². The van der Waals surface area contributed by atoms with E-state index < -0.39 is 0 Å². The third kappa shape index (κ3) is 4.94. The Hall–Kier alpha value is -0.820. The summed E-state index contributed by atoms with van der Waals surface area (Å²) in [6.07, 6.45) is 6.70. The van der Waals surface area contributed by atoms with E-state index in [1.165, 1.54) is 43.2 Å². The van der Waals surface area contributed by atoms with Gasteiger partial charge in [-0.2, -0.15) is 0 Å². The van der Waals surface area contributed by atoms with Crippen molar-refractivity contribution in [3.8, 4) is 0 Å². The third-order valence-electron chi connectivity index (χ3n) is 4.42. The Bertz CT molecular complexity index is 389. The van der Waals surface area contributed by atoms with E-state index >= 15 is 0 Å². The lowest BCUT2D eigenvalue weighted by Gasteiger charge is -2.23. The second-order valence-corrected chi connectivity index (χ2v) is 7.01. The Balaban J connectivity index is 1.88. The molecule has 1 fully saturated rings. The molecule has 1 N–H and O–H groups in total. The van der Waals surface area contributed by atoms with Crippen molar-refractivity contribution in [2.75, 3.05) is 0 Å². The van der Waals surface area contributed by atoms with Crippen molar-refractivity contribution in [2.45, 2.75) is 71.9 Å². The molecule has 0 spiro atoms. The van der Waals surface area contributed by atoms with E-state index in [4.69, 9.17) is 0 Å². The lowest BCUT2D eigenvalue weighted by atomic mass is 9.99. The van der Waals surface area contributed by atoms with Gasteiger partial charge in [0.25, 0.3) is 0 Å². The fourth-order valence-corrected chi connectivity index (χ4v) is 2.97. The molecule has 1 aromatic rings. The van der Waals surface area contributed by atoms with E-state index in [0.717, 1.165) is 11.8 Å². The van der Waals surface area contributed by atoms with Crippen LogP contribution < -0.4 is 5.32 Å². The third-order valence-corrected chi connectivity index (χ3v) is 4.42. The molecule has 1 aromatic carbocycles. The van der Waals surface area contributed by atoms with Crippen LogP contribution in [0.1, 0.15) is 70.5 Å². The molecule has 2 rings (SSSR count). The van der Waals surface area contributed by atoms with Crippen LogP contribution in [0, 0.1) is 11.8 Å². The molecule has 0 aliphatic heterocycles. The molecule has 1 nitrogen and oxygen atoms in total. The molecule has 1 aliphatic rings. The molecule has 112 valence electrons. The van der Waals surface area contributed by atoms with E-state index in [2.05, 4.69) is 57.3 Å². The van der Waals surface area contributed by atoms with Gasteiger partial charge in [0.2, 0.25) is 0 Å². The molecule has 0 amide bonds. The quantitative estimate of drug-likeness (QED) is 0.693. The number of nitrogens with one attached hydrogen (secondary N) is 1. The second kappa shape index (κ2) is 7.26. The lowest BCUT2D eigenvalue weighted by Crippen LogP contribution is -2.31. The Morgan fingerprint density at radius 3 is 2.25 bits per heavy atom. The van der Waals surface area contributed by atoms with E-state index in [9.17, 15) is 0 Å². The first-order chi connectivity index (χ1) is 9.58. The molecule has 1 heteroatoms. The van der Waals surface area contributed by atoms with Gasteiger partial charge in [0.15, 0.2) is 0 Å². The van der Waals surface area contributed by atoms with Crippen LogP contribution in [0.4, 0.5) is 0 Å². The molecule has 0 radical (unpaired) electrons. The SMILES string of the molecule is CCC(CC1CC1)NC(C)c1ccc(CC(C)C)cc1. The van der Waals surface area contributed by atoms with E-state index in [0.29, 0.717) is 12.1 Å². The summed E-state index contributed by atoms with van der Waals surface area (Å²) in [5, 5.41) is 3.81. The standard InChI is InChI=1S/C19H31N/c1-5-19(13-17-6-7-17)20-15(4)18-10-8-16(9-11-18)12-14(2)3/h8-11,14-15,17,19-20H,5-7,12-13H2,1-4H3. The minimum atomic E-state index is 0.465. The van der Waals surface area contributed by atoms with Gasteiger partial charge in [-0.05, 0) is 49.1 Å². The average Bonchev–Trinajstić information content (AvgIpc) is 3.22. The van der Waals surface area contributed by atoms with Gasteiger partial charge >= 0.3 is 0 Å². The van der Waals surface area contributed by atoms with Gasteiger partial charge in [-0.1, -0.05) is 57.9 Å². The summed E-state index contributed by atoms with van der Waals surface area (Å²) in [5.74, 6) is 1.74. The molecule has 2 unspecified atom stereocenters. The Morgan fingerprint density at radius 2 is 1.75 bits per heavy atom. The lowest BCUT2D eigenvalue weighted by molar-refractivity contribution is 0.404. The van der Waals surface area contributed by atoms with Crippen molar-refractivity contribution in [3.05, 3.63) is 35.4 Å². The minimum Gasteiger partial charge on any atom is -0.307 e. The zero-order valence-corrected chi connectivity index (χ0v) is 13.7. The minimum absolute atomic E-state index is 0.465. The Kier molecular flexibility index (Phi) is 5.65. The average molecular weight is 273 g/mol. The summed E-state index contributed by atoms with van der Waals surface area (Å²) in [6, 6.07) is 10.4. The number of rotatable bonds is 8. The maximum Gasteiger partial charge on any atom is 0.0294 e. The van der Waals surface area contributed by atoms with Crippen LogP contribution >= 0.6 is 0 Å². The first kappa shape index (κ1) is 15.6. The van der Waals surface area contributed by atoms with Gasteiger partial charge in [0.1, 0.15) is 0 Å². The monoisotopic (exact) mass is 273 g/mol. The van der Waals surface area contributed by atoms with Gasteiger partial charge in [-0.25, -0.2) is 0 Å². The van der Waals surface area contributed by atoms with Gasteiger partial charge in [0.05, 0.1) is 0 Å². The van der Waals surface area contributed by atoms with Crippen LogP contribution in [0.5, 0.6) is 0 Å². The highest BCUT2D eigenvalue weighted by Gasteiger charge is 2.25. The molecular formula is C19H31N. The van der Waals surface area contributed by atoms with Crippen LogP contribution in [0.3, 0.4) is 0 Å². The molecule has 2 atom stereocenters. The van der Waals surface area contributed by atoms with E-state index in [-0.39, 0.29) is 0 Å². The second-order valence-electron chi connectivity index (χ2n) is 7.01. The summed E-state index contributed by atoms with van der Waals surface area (Å²) >= 11 is 0. The maximum absolute atomic E-state index is 3.81. The van der Waals surface area contributed by atoms with Crippen LogP contribution in [-0.2, 0) is 6.42 Å². The predicted molar refractivity (Wildman–Crippen MR) is 88.0 cm³/mol. The normalized spacial score (nSPS) is 18.2. The van der Waals surface area contributed by atoms with Crippen LogP contribution in [-0.4, -0.2) is 6.04 Å². The highest BCUT2D eigenvalue weighted by Crippen LogP contribution is 2.34.